The lowest BCUT2D eigenvalue weighted by molar-refractivity contribution is -0.384. The van der Waals surface area contributed by atoms with Crippen LogP contribution in [0.2, 0.25) is 5.02 Å². The molecule has 1 aromatic carbocycles. The molecule has 3 fully saturated rings. The second-order valence-electron chi connectivity index (χ2n) is 6.80. The van der Waals surface area contributed by atoms with E-state index in [1.165, 1.54) is 12.1 Å². The second-order valence-corrected chi connectivity index (χ2v) is 7.24. The normalized spacial score (nSPS) is 24.4. The zero-order chi connectivity index (χ0) is 18.3. The van der Waals surface area contributed by atoms with Crippen molar-refractivity contribution >= 4 is 23.2 Å². The summed E-state index contributed by atoms with van der Waals surface area (Å²) < 4.78 is 5.61. The number of halogens is 1. The van der Waals surface area contributed by atoms with Gasteiger partial charge in [0.2, 0.25) is 0 Å². The van der Waals surface area contributed by atoms with E-state index >= 15 is 0 Å². The topological polar surface area (TPSA) is 88.6 Å². The van der Waals surface area contributed by atoms with Crippen molar-refractivity contribution in [3.05, 3.63) is 51.2 Å². The molecule has 0 unspecified atom stereocenters. The number of fused-ring (bicyclic) bond motifs is 3. The number of nitro benzene ring substituents is 1. The summed E-state index contributed by atoms with van der Waals surface area (Å²) >= 11 is 5.84. The Labute approximate surface area is 155 Å². The first kappa shape index (κ1) is 17.1. The van der Waals surface area contributed by atoms with E-state index in [0.717, 1.165) is 32.5 Å². The van der Waals surface area contributed by atoms with Gasteiger partial charge in [0, 0.05) is 23.7 Å². The van der Waals surface area contributed by atoms with E-state index < -0.39 is 4.92 Å². The molecule has 3 aliphatic rings. The van der Waals surface area contributed by atoms with Crippen molar-refractivity contribution in [3.63, 3.8) is 0 Å². The first-order valence-corrected chi connectivity index (χ1v) is 8.96. The van der Waals surface area contributed by atoms with E-state index in [1.54, 1.807) is 18.2 Å². The molecule has 7 nitrogen and oxygen atoms in total. The highest BCUT2D eigenvalue weighted by molar-refractivity contribution is 6.30. The summed E-state index contributed by atoms with van der Waals surface area (Å²) in [6.07, 6.45) is 2.21. The number of nitrogens with zero attached hydrogens (tertiary/aromatic N) is 2. The molecule has 1 aromatic heterocycles. The Morgan fingerprint density at radius 1 is 1.27 bits per heavy atom. The standard InChI is InChI=1S/C18H18ClN3O4/c19-12-1-2-13(15(9-12)22(24)25)16-3-4-17(26-16)18(23)20-14-10-21-7-5-11(14)6-8-21/h1-4,9,11,14H,5-8,10H2,(H,20,23)/t14-/m0/s1. The van der Waals surface area contributed by atoms with Crippen molar-refractivity contribution in [2.75, 3.05) is 19.6 Å². The van der Waals surface area contributed by atoms with Gasteiger partial charge in [0.15, 0.2) is 5.76 Å². The summed E-state index contributed by atoms with van der Waals surface area (Å²) in [4.78, 5) is 25.6. The maximum Gasteiger partial charge on any atom is 0.287 e. The Morgan fingerprint density at radius 2 is 2.04 bits per heavy atom. The Morgan fingerprint density at radius 3 is 2.69 bits per heavy atom. The molecule has 1 amide bonds. The fraction of sp³-hybridized carbons (Fsp3) is 0.389. The third kappa shape index (κ3) is 3.20. The molecule has 3 saturated heterocycles. The van der Waals surface area contributed by atoms with Crippen molar-refractivity contribution in [1.82, 2.24) is 10.2 Å². The third-order valence-electron chi connectivity index (χ3n) is 5.22. The van der Waals surface area contributed by atoms with Crippen molar-refractivity contribution < 1.29 is 14.1 Å². The number of carbonyl (C=O) groups is 1. The number of benzene rings is 1. The van der Waals surface area contributed by atoms with E-state index in [4.69, 9.17) is 16.0 Å². The largest absolute Gasteiger partial charge is 0.451 e. The lowest BCUT2D eigenvalue weighted by Crippen LogP contribution is -2.57. The van der Waals surface area contributed by atoms with Crippen molar-refractivity contribution in [1.29, 1.82) is 0 Å². The number of hydrogen-bond donors (Lipinski definition) is 1. The van der Waals surface area contributed by atoms with Crippen LogP contribution in [0, 0.1) is 16.0 Å². The molecule has 0 aliphatic carbocycles. The number of hydrogen-bond acceptors (Lipinski definition) is 5. The Balaban J connectivity index is 1.53. The number of nitro groups is 1. The molecular formula is C18H18ClN3O4. The van der Waals surface area contributed by atoms with Gasteiger partial charge in [0.1, 0.15) is 5.76 Å². The van der Waals surface area contributed by atoms with Gasteiger partial charge in [0.05, 0.1) is 10.5 Å². The van der Waals surface area contributed by atoms with E-state index in [0.29, 0.717) is 11.5 Å². The van der Waals surface area contributed by atoms with Crippen LogP contribution in [0.1, 0.15) is 23.4 Å². The molecule has 0 saturated carbocycles. The Kier molecular flexibility index (Phi) is 4.42. The van der Waals surface area contributed by atoms with E-state index in [9.17, 15) is 14.9 Å². The summed E-state index contributed by atoms with van der Waals surface area (Å²) in [5.41, 5.74) is 0.137. The molecule has 8 heteroatoms. The number of nitrogens with one attached hydrogen (secondary N) is 1. The molecule has 4 heterocycles. The molecule has 26 heavy (non-hydrogen) atoms. The van der Waals surface area contributed by atoms with Crippen LogP contribution in [0.3, 0.4) is 0 Å². The van der Waals surface area contributed by atoms with Gasteiger partial charge in [-0.15, -0.1) is 0 Å². The van der Waals surface area contributed by atoms with Crippen LogP contribution >= 0.6 is 11.6 Å². The molecule has 136 valence electrons. The predicted octanol–water partition coefficient (Wildman–Crippen LogP) is 3.33. The zero-order valence-electron chi connectivity index (χ0n) is 14.0. The number of amides is 1. The number of rotatable bonds is 4. The number of piperidine rings is 3. The minimum Gasteiger partial charge on any atom is -0.451 e. The highest BCUT2D eigenvalue weighted by atomic mass is 35.5. The molecule has 5 rings (SSSR count). The lowest BCUT2D eigenvalue weighted by atomic mass is 9.84. The van der Waals surface area contributed by atoms with Gasteiger partial charge in [0.25, 0.3) is 11.6 Å². The highest BCUT2D eigenvalue weighted by Crippen LogP contribution is 2.33. The van der Waals surface area contributed by atoms with Gasteiger partial charge in [-0.25, -0.2) is 0 Å². The minimum atomic E-state index is -0.517. The van der Waals surface area contributed by atoms with Crippen LogP contribution in [0.4, 0.5) is 5.69 Å². The summed E-state index contributed by atoms with van der Waals surface area (Å²) in [5, 5.41) is 14.6. The molecule has 0 spiro atoms. The fourth-order valence-electron chi connectivity index (χ4n) is 3.84. The average Bonchev–Trinajstić information content (AvgIpc) is 3.12. The molecule has 0 radical (unpaired) electrons. The van der Waals surface area contributed by atoms with Gasteiger partial charge in [-0.1, -0.05) is 11.6 Å². The SMILES string of the molecule is O=C(N[C@H]1CN2CCC1CC2)c1ccc(-c2ccc(Cl)cc2[N+](=O)[O-])o1. The Bertz CT molecular complexity index is 858. The minimum absolute atomic E-state index is 0.128. The summed E-state index contributed by atoms with van der Waals surface area (Å²) in [7, 11) is 0. The summed E-state index contributed by atoms with van der Waals surface area (Å²) in [6.45, 7) is 3.07. The molecule has 2 aromatic rings. The van der Waals surface area contributed by atoms with Crippen molar-refractivity contribution in [3.8, 4) is 11.3 Å². The first-order chi connectivity index (χ1) is 12.5. The zero-order valence-corrected chi connectivity index (χ0v) is 14.7. The van der Waals surface area contributed by atoms with Crippen LogP contribution in [0.5, 0.6) is 0 Å². The van der Waals surface area contributed by atoms with Crippen LogP contribution < -0.4 is 5.32 Å². The second kappa shape index (κ2) is 6.74. The van der Waals surface area contributed by atoms with Crippen LogP contribution in [-0.4, -0.2) is 41.4 Å². The molecule has 3 aliphatic heterocycles. The smallest absolute Gasteiger partial charge is 0.287 e. The van der Waals surface area contributed by atoms with Crippen molar-refractivity contribution in [2.24, 2.45) is 5.92 Å². The molecular weight excluding hydrogens is 358 g/mol. The van der Waals surface area contributed by atoms with Gasteiger partial charge in [-0.2, -0.15) is 0 Å². The lowest BCUT2D eigenvalue weighted by Gasteiger charge is -2.44. The molecule has 2 bridgehead atoms. The van der Waals surface area contributed by atoms with Gasteiger partial charge in [-0.05, 0) is 56.1 Å². The van der Waals surface area contributed by atoms with Gasteiger partial charge < -0.3 is 14.6 Å². The van der Waals surface area contributed by atoms with Crippen LogP contribution in [0.15, 0.2) is 34.7 Å². The monoisotopic (exact) mass is 375 g/mol. The first-order valence-electron chi connectivity index (χ1n) is 8.58. The Hall–Kier alpha value is -2.38. The quantitative estimate of drug-likeness (QED) is 0.654. The van der Waals surface area contributed by atoms with Crippen LogP contribution in [-0.2, 0) is 0 Å². The maximum atomic E-state index is 12.5. The van der Waals surface area contributed by atoms with Gasteiger partial charge >= 0.3 is 0 Å². The molecule has 1 atom stereocenters. The van der Waals surface area contributed by atoms with E-state index in [-0.39, 0.29) is 34.2 Å². The van der Waals surface area contributed by atoms with Crippen molar-refractivity contribution in [2.45, 2.75) is 18.9 Å². The maximum absolute atomic E-state index is 12.5. The number of furan rings is 1. The van der Waals surface area contributed by atoms with E-state index in [1.807, 2.05) is 0 Å². The highest BCUT2D eigenvalue weighted by Gasteiger charge is 2.35. The van der Waals surface area contributed by atoms with Gasteiger partial charge in [-0.3, -0.25) is 14.9 Å². The molecule has 1 N–H and O–H groups in total. The van der Waals surface area contributed by atoms with E-state index in [2.05, 4.69) is 10.2 Å². The summed E-state index contributed by atoms with van der Waals surface area (Å²) in [5.74, 6) is 0.649. The average molecular weight is 376 g/mol. The van der Waals surface area contributed by atoms with Crippen LogP contribution in [0.25, 0.3) is 11.3 Å². The number of carbonyl (C=O) groups excluding carboxylic acids is 1. The summed E-state index contributed by atoms with van der Waals surface area (Å²) in [6, 6.07) is 7.59. The predicted molar refractivity (Wildman–Crippen MR) is 96.2 cm³/mol. The third-order valence-corrected chi connectivity index (χ3v) is 5.46. The fourth-order valence-corrected chi connectivity index (χ4v) is 4.00.